The Bertz CT molecular complexity index is 813. The molecule has 1 aromatic carbocycles. The number of allylic oxidation sites excluding steroid dienone is 2. The molecule has 4 nitrogen and oxygen atoms in total. The van der Waals surface area contributed by atoms with Crippen LogP contribution in [-0.4, -0.2) is 24.1 Å². The number of Topliss-reactive ketones (excluding diaryl/α,β-unsaturated/α-hetero) is 1. The topological polar surface area (TPSA) is 55.7 Å². The fraction of sp³-hybridized carbons (Fsp3) is 0.450. The minimum Gasteiger partial charge on any atom is -0.465 e. The molecule has 0 saturated carbocycles. The van der Waals surface area contributed by atoms with Gasteiger partial charge in [0.15, 0.2) is 5.78 Å². The van der Waals surface area contributed by atoms with Crippen LogP contribution in [0.5, 0.6) is 0 Å². The zero-order valence-corrected chi connectivity index (χ0v) is 16.4. The smallest absolute Gasteiger partial charge is 0.315 e. The molecule has 0 N–H and O–H groups in total. The summed E-state index contributed by atoms with van der Waals surface area (Å²) in [5.41, 5.74) is 2.87. The first-order valence-corrected chi connectivity index (χ1v) is 9.62. The van der Waals surface area contributed by atoms with Crippen LogP contribution in [0.25, 0.3) is 0 Å². The summed E-state index contributed by atoms with van der Waals surface area (Å²) in [6, 6.07) is 5.26. The predicted molar refractivity (Wildman–Crippen MR) is 103 cm³/mol. The number of rotatable bonds is 4. The number of ether oxygens (including phenoxy) is 1. The Morgan fingerprint density at radius 2 is 2.04 bits per heavy atom. The van der Waals surface area contributed by atoms with Gasteiger partial charge in [0.2, 0.25) is 0 Å². The highest BCUT2D eigenvalue weighted by molar-refractivity contribution is 6.42. The Hall–Kier alpha value is -1.65. The van der Waals surface area contributed by atoms with Gasteiger partial charge in [0, 0.05) is 29.3 Å². The Kier molecular flexibility index (Phi) is 5.83. The third-order valence-corrected chi connectivity index (χ3v) is 5.58. The molecule has 0 saturated heterocycles. The quantitative estimate of drug-likeness (QED) is 0.666. The van der Waals surface area contributed by atoms with Gasteiger partial charge in [0.1, 0.15) is 5.92 Å². The van der Waals surface area contributed by atoms with E-state index in [0.29, 0.717) is 34.4 Å². The highest BCUT2D eigenvalue weighted by Crippen LogP contribution is 2.44. The van der Waals surface area contributed by atoms with Crippen LogP contribution in [0.1, 0.15) is 51.0 Å². The van der Waals surface area contributed by atoms with Gasteiger partial charge in [-0.2, -0.15) is 0 Å². The molecule has 0 amide bonds. The number of nitrogens with zero attached hydrogens (tertiary/aromatic N) is 1. The summed E-state index contributed by atoms with van der Waals surface area (Å²) in [4.78, 5) is 30.1. The van der Waals surface area contributed by atoms with Gasteiger partial charge in [0.25, 0.3) is 0 Å². The molecule has 3 rings (SSSR count). The maximum Gasteiger partial charge on any atom is 0.315 e. The van der Waals surface area contributed by atoms with E-state index in [2.05, 4.69) is 4.99 Å². The van der Waals surface area contributed by atoms with Crippen LogP contribution in [-0.2, 0) is 14.3 Å². The molecule has 1 aliphatic heterocycles. The Balaban J connectivity index is 2.12. The van der Waals surface area contributed by atoms with E-state index >= 15 is 0 Å². The summed E-state index contributed by atoms with van der Waals surface area (Å²) in [6.45, 7) is 4.11. The number of hydrogen-bond donors (Lipinski definition) is 0. The Morgan fingerprint density at radius 1 is 1.27 bits per heavy atom. The molecule has 2 atom stereocenters. The van der Waals surface area contributed by atoms with E-state index in [9.17, 15) is 9.59 Å². The van der Waals surface area contributed by atoms with Crippen LogP contribution in [0.4, 0.5) is 0 Å². The summed E-state index contributed by atoms with van der Waals surface area (Å²) >= 11 is 12.3. The van der Waals surface area contributed by atoms with E-state index in [1.807, 2.05) is 19.9 Å². The van der Waals surface area contributed by atoms with Crippen molar-refractivity contribution in [2.75, 3.05) is 6.61 Å². The summed E-state index contributed by atoms with van der Waals surface area (Å²) < 4.78 is 5.41. The van der Waals surface area contributed by atoms with Crippen molar-refractivity contribution in [2.45, 2.75) is 45.4 Å². The van der Waals surface area contributed by atoms with Gasteiger partial charge in [-0.15, -0.1) is 0 Å². The second-order valence-electron chi connectivity index (χ2n) is 6.69. The minimum atomic E-state index is -0.625. The first kappa shape index (κ1) is 19.1. The lowest BCUT2D eigenvalue weighted by molar-refractivity contribution is -0.146. The van der Waals surface area contributed by atoms with E-state index in [0.717, 1.165) is 30.5 Å². The normalized spacial score (nSPS) is 22.8. The molecule has 0 radical (unpaired) electrons. The van der Waals surface area contributed by atoms with E-state index in [1.165, 1.54) is 0 Å². The van der Waals surface area contributed by atoms with Gasteiger partial charge < -0.3 is 4.74 Å². The van der Waals surface area contributed by atoms with Crippen molar-refractivity contribution in [3.8, 4) is 0 Å². The van der Waals surface area contributed by atoms with Gasteiger partial charge in [-0.3, -0.25) is 14.6 Å². The van der Waals surface area contributed by atoms with Gasteiger partial charge in [-0.25, -0.2) is 0 Å². The van der Waals surface area contributed by atoms with Crippen molar-refractivity contribution in [1.82, 2.24) is 0 Å². The first-order chi connectivity index (χ1) is 12.4. The second kappa shape index (κ2) is 7.93. The van der Waals surface area contributed by atoms with Crippen LogP contribution in [0.2, 0.25) is 10.0 Å². The van der Waals surface area contributed by atoms with Crippen molar-refractivity contribution in [3.63, 3.8) is 0 Å². The number of halogens is 2. The molecule has 1 unspecified atom stereocenters. The first-order valence-electron chi connectivity index (χ1n) is 8.87. The van der Waals surface area contributed by atoms with Crippen molar-refractivity contribution >= 4 is 40.7 Å². The number of ketones is 1. The number of carbonyl (C=O) groups is 2. The van der Waals surface area contributed by atoms with Crippen molar-refractivity contribution < 1.29 is 14.3 Å². The van der Waals surface area contributed by atoms with E-state index in [1.54, 1.807) is 12.1 Å². The lowest BCUT2D eigenvalue weighted by Gasteiger charge is -2.34. The molecule has 0 bridgehead atoms. The summed E-state index contributed by atoms with van der Waals surface area (Å²) in [7, 11) is 0. The van der Waals surface area contributed by atoms with Crippen LogP contribution >= 0.6 is 23.2 Å². The zero-order chi connectivity index (χ0) is 18.8. The number of aliphatic imine (C=N–C) groups is 1. The minimum absolute atomic E-state index is 0.0480. The highest BCUT2D eigenvalue weighted by Gasteiger charge is 2.43. The molecular formula is C20H21Cl2NO3. The van der Waals surface area contributed by atoms with Crippen molar-refractivity contribution in [1.29, 1.82) is 0 Å². The van der Waals surface area contributed by atoms with Crippen LogP contribution in [0.3, 0.4) is 0 Å². The van der Waals surface area contributed by atoms with Gasteiger partial charge in [0.05, 0.1) is 16.7 Å². The SMILES string of the molecule is CCCOC(=O)C1C(C)=NC2=C(C(=O)CCC2)[C@H]1c1ccc(Cl)c(Cl)c1. The molecule has 26 heavy (non-hydrogen) atoms. The van der Waals surface area contributed by atoms with Crippen molar-refractivity contribution in [2.24, 2.45) is 10.9 Å². The average molecular weight is 394 g/mol. The van der Waals surface area contributed by atoms with E-state index < -0.39 is 11.8 Å². The molecule has 1 heterocycles. The molecule has 0 fully saturated rings. The van der Waals surface area contributed by atoms with Gasteiger partial charge in [-0.1, -0.05) is 36.2 Å². The molecule has 0 spiro atoms. The largest absolute Gasteiger partial charge is 0.465 e. The zero-order valence-electron chi connectivity index (χ0n) is 14.9. The molecule has 6 heteroatoms. The standard InChI is InChI=1S/C20H21Cl2NO3/c1-3-9-26-20(25)17-11(2)23-15-5-4-6-16(24)19(15)18(17)12-7-8-13(21)14(22)10-12/h7-8,10,17-18H,3-6,9H2,1-2H3/t17?,18-/m0/s1. The maximum absolute atomic E-state index is 12.8. The summed E-state index contributed by atoms with van der Waals surface area (Å²) in [5, 5.41) is 0.835. The van der Waals surface area contributed by atoms with Crippen LogP contribution in [0, 0.1) is 5.92 Å². The van der Waals surface area contributed by atoms with Gasteiger partial charge >= 0.3 is 5.97 Å². The van der Waals surface area contributed by atoms with E-state index in [4.69, 9.17) is 27.9 Å². The third kappa shape index (κ3) is 3.58. The third-order valence-electron chi connectivity index (χ3n) is 4.84. The summed E-state index contributed by atoms with van der Waals surface area (Å²) in [5.74, 6) is -1.37. The molecule has 1 aliphatic carbocycles. The number of esters is 1. The molecule has 138 valence electrons. The Labute approximate surface area is 163 Å². The Morgan fingerprint density at radius 3 is 2.73 bits per heavy atom. The lowest BCUT2D eigenvalue weighted by atomic mass is 9.72. The summed E-state index contributed by atoms with van der Waals surface area (Å²) in [6.07, 6.45) is 2.74. The molecular weight excluding hydrogens is 373 g/mol. The fourth-order valence-corrected chi connectivity index (χ4v) is 3.98. The lowest BCUT2D eigenvalue weighted by Crippen LogP contribution is -2.37. The molecule has 1 aromatic rings. The maximum atomic E-state index is 12.8. The van der Waals surface area contributed by atoms with E-state index in [-0.39, 0.29) is 11.8 Å². The van der Waals surface area contributed by atoms with Gasteiger partial charge in [-0.05, 0) is 43.9 Å². The monoisotopic (exact) mass is 393 g/mol. The molecule has 0 aromatic heterocycles. The van der Waals surface area contributed by atoms with Crippen molar-refractivity contribution in [3.05, 3.63) is 45.1 Å². The predicted octanol–water partition coefficient (Wildman–Crippen LogP) is 5.13. The highest BCUT2D eigenvalue weighted by atomic mass is 35.5. The fourth-order valence-electron chi connectivity index (χ4n) is 3.67. The second-order valence-corrected chi connectivity index (χ2v) is 7.50. The average Bonchev–Trinajstić information content (AvgIpc) is 2.61. The number of benzene rings is 1. The van der Waals surface area contributed by atoms with Crippen LogP contribution in [0.15, 0.2) is 34.5 Å². The number of carbonyl (C=O) groups excluding carboxylic acids is 2. The van der Waals surface area contributed by atoms with Crippen LogP contribution < -0.4 is 0 Å². The molecule has 2 aliphatic rings. The number of hydrogen-bond acceptors (Lipinski definition) is 4.